The number of rotatable bonds is 3. The quantitative estimate of drug-likeness (QED) is 0.560. The lowest BCUT2D eigenvalue weighted by Crippen LogP contribution is -2.00. The number of aromatic hydroxyl groups is 1. The van der Waals surface area contributed by atoms with Gasteiger partial charge in [0, 0.05) is 23.0 Å². The van der Waals surface area contributed by atoms with E-state index in [-0.39, 0.29) is 11.2 Å². The number of hydrogen-bond donors (Lipinski definition) is 2. The van der Waals surface area contributed by atoms with Crippen molar-refractivity contribution in [2.24, 2.45) is 0 Å². The first-order chi connectivity index (χ1) is 12.2. The zero-order valence-corrected chi connectivity index (χ0v) is 13.3. The van der Waals surface area contributed by atoms with Crippen molar-refractivity contribution in [2.45, 2.75) is 0 Å². The average Bonchev–Trinajstić information content (AvgIpc) is 2.64. The van der Waals surface area contributed by atoms with Crippen LogP contribution in [-0.4, -0.2) is 5.11 Å². The highest BCUT2D eigenvalue weighted by Crippen LogP contribution is 2.26. The van der Waals surface area contributed by atoms with Gasteiger partial charge in [-0.05, 0) is 54.6 Å². The zero-order chi connectivity index (χ0) is 17.2. The molecule has 4 rings (SSSR count). The Kier molecular flexibility index (Phi) is 3.71. The Morgan fingerprint density at radius 3 is 2.28 bits per heavy atom. The predicted molar refractivity (Wildman–Crippen MR) is 99.3 cm³/mol. The van der Waals surface area contributed by atoms with Crippen LogP contribution in [0.3, 0.4) is 0 Å². The minimum absolute atomic E-state index is 0.0453. The van der Waals surface area contributed by atoms with Crippen LogP contribution in [0.2, 0.25) is 0 Å². The molecule has 0 atom stereocenters. The topological polar surface area (TPSA) is 62.5 Å². The lowest BCUT2D eigenvalue weighted by molar-refractivity contribution is 0.475. The molecule has 0 saturated heterocycles. The second kappa shape index (κ2) is 6.17. The third kappa shape index (κ3) is 3.10. The molecule has 25 heavy (non-hydrogen) atoms. The lowest BCUT2D eigenvalue weighted by atomic mass is 10.1. The van der Waals surface area contributed by atoms with Gasteiger partial charge in [0.1, 0.15) is 17.1 Å². The highest BCUT2D eigenvalue weighted by molar-refractivity contribution is 5.80. The second-order valence-electron chi connectivity index (χ2n) is 5.72. The molecule has 0 fully saturated rings. The number of nitrogens with one attached hydrogen (secondary N) is 1. The van der Waals surface area contributed by atoms with E-state index in [0.717, 1.165) is 16.9 Å². The summed E-state index contributed by atoms with van der Waals surface area (Å²) in [5, 5.41) is 13.2. The Morgan fingerprint density at radius 2 is 1.52 bits per heavy atom. The first-order valence-corrected chi connectivity index (χ1v) is 7.88. The summed E-state index contributed by atoms with van der Waals surface area (Å²) in [4.78, 5) is 12.2. The Balaban J connectivity index is 1.67. The molecule has 1 aromatic heterocycles. The molecule has 0 aliphatic carbocycles. The van der Waals surface area contributed by atoms with E-state index in [2.05, 4.69) is 5.32 Å². The van der Waals surface area contributed by atoms with Crippen LogP contribution in [-0.2, 0) is 0 Å². The van der Waals surface area contributed by atoms with Gasteiger partial charge in [-0.1, -0.05) is 18.2 Å². The Morgan fingerprint density at radius 1 is 0.800 bits per heavy atom. The summed E-state index contributed by atoms with van der Waals surface area (Å²) >= 11 is 0. The summed E-state index contributed by atoms with van der Waals surface area (Å²) < 4.78 is 5.81. The summed E-state index contributed by atoms with van der Waals surface area (Å²) in [6.07, 6.45) is 0. The summed E-state index contributed by atoms with van der Waals surface area (Å²) in [5.41, 5.74) is 3.03. The third-order valence-electron chi connectivity index (χ3n) is 3.94. The minimum atomic E-state index is -0.182. The van der Waals surface area contributed by atoms with Gasteiger partial charge in [0.05, 0.1) is 5.39 Å². The van der Waals surface area contributed by atoms with Crippen LogP contribution in [0, 0.1) is 0 Å². The van der Waals surface area contributed by atoms with Crippen LogP contribution in [0.4, 0.5) is 11.4 Å². The largest absolute Gasteiger partial charge is 0.508 e. The van der Waals surface area contributed by atoms with E-state index in [4.69, 9.17) is 4.42 Å². The van der Waals surface area contributed by atoms with Crippen LogP contribution in [0.15, 0.2) is 88.1 Å². The van der Waals surface area contributed by atoms with Crippen molar-refractivity contribution >= 4 is 22.3 Å². The van der Waals surface area contributed by atoms with Gasteiger partial charge in [-0.2, -0.15) is 0 Å². The minimum Gasteiger partial charge on any atom is -0.508 e. The van der Waals surface area contributed by atoms with Gasteiger partial charge in [-0.3, -0.25) is 4.79 Å². The smallest absolute Gasteiger partial charge is 0.193 e. The van der Waals surface area contributed by atoms with E-state index in [1.165, 1.54) is 18.2 Å². The SMILES string of the molecule is O=c1cc(-c2ccc(Nc3ccccc3)cc2)oc2ccc(O)cc12. The highest BCUT2D eigenvalue weighted by atomic mass is 16.3. The molecule has 0 radical (unpaired) electrons. The lowest BCUT2D eigenvalue weighted by Gasteiger charge is -2.08. The van der Waals surface area contributed by atoms with Crippen molar-refractivity contribution < 1.29 is 9.52 Å². The maximum Gasteiger partial charge on any atom is 0.193 e. The normalized spacial score (nSPS) is 10.7. The van der Waals surface area contributed by atoms with Crippen molar-refractivity contribution in [3.63, 3.8) is 0 Å². The van der Waals surface area contributed by atoms with Crippen molar-refractivity contribution in [1.82, 2.24) is 0 Å². The van der Waals surface area contributed by atoms with Gasteiger partial charge in [0.2, 0.25) is 0 Å². The Hall–Kier alpha value is -3.53. The molecule has 0 unspecified atom stereocenters. The Bertz CT molecular complexity index is 1080. The second-order valence-corrected chi connectivity index (χ2v) is 5.72. The number of hydrogen-bond acceptors (Lipinski definition) is 4. The molecular weight excluding hydrogens is 314 g/mol. The van der Waals surface area contributed by atoms with Gasteiger partial charge in [0.25, 0.3) is 0 Å². The molecule has 2 N–H and O–H groups in total. The van der Waals surface area contributed by atoms with E-state index < -0.39 is 0 Å². The molecule has 3 aromatic carbocycles. The van der Waals surface area contributed by atoms with E-state index >= 15 is 0 Å². The molecule has 0 bridgehead atoms. The van der Waals surface area contributed by atoms with Crippen LogP contribution in [0.1, 0.15) is 0 Å². The number of benzene rings is 3. The summed E-state index contributed by atoms with van der Waals surface area (Å²) in [5.74, 6) is 0.540. The van der Waals surface area contributed by atoms with Crippen molar-refractivity contribution in [3.8, 4) is 17.1 Å². The predicted octanol–water partition coefficient (Wildman–Crippen LogP) is 4.91. The Labute approximate surface area is 144 Å². The van der Waals surface area contributed by atoms with Crippen molar-refractivity contribution in [3.05, 3.63) is 89.1 Å². The molecule has 0 spiro atoms. The standard InChI is InChI=1S/C21H15NO3/c23-17-10-11-20-18(12-17)19(24)13-21(25-20)14-6-8-16(9-7-14)22-15-4-2-1-3-5-15/h1-13,22-23H. The molecule has 0 saturated carbocycles. The number of anilines is 2. The van der Waals surface area contributed by atoms with Crippen LogP contribution in [0.25, 0.3) is 22.3 Å². The molecule has 122 valence electrons. The molecular formula is C21H15NO3. The third-order valence-corrected chi connectivity index (χ3v) is 3.94. The number of phenolic OH excluding ortho intramolecular Hbond substituents is 1. The number of fused-ring (bicyclic) bond motifs is 1. The van der Waals surface area contributed by atoms with Crippen molar-refractivity contribution in [2.75, 3.05) is 5.32 Å². The van der Waals surface area contributed by atoms with Crippen LogP contribution in [0.5, 0.6) is 5.75 Å². The fraction of sp³-hybridized carbons (Fsp3) is 0. The summed E-state index contributed by atoms with van der Waals surface area (Å²) in [6, 6.07) is 23.5. The molecule has 4 heteroatoms. The maximum absolute atomic E-state index is 12.2. The molecule has 4 aromatic rings. The van der Waals surface area contributed by atoms with Gasteiger partial charge < -0.3 is 14.8 Å². The molecule has 0 aliphatic heterocycles. The molecule has 1 heterocycles. The van der Waals surface area contributed by atoms with E-state index in [1.54, 1.807) is 6.07 Å². The highest BCUT2D eigenvalue weighted by Gasteiger charge is 2.08. The van der Waals surface area contributed by atoms with E-state index in [0.29, 0.717) is 16.7 Å². The van der Waals surface area contributed by atoms with E-state index in [1.807, 2.05) is 54.6 Å². The first-order valence-electron chi connectivity index (χ1n) is 7.88. The molecule has 0 aliphatic rings. The van der Waals surface area contributed by atoms with Gasteiger partial charge >= 0.3 is 0 Å². The van der Waals surface area contributed by atoms with Crippen molar-refractivity contribution in [1.29, 1.82) is 0 Å². The maximum atomic E-state index is 12.2. The monoisotopic (exact) mass is 329 g/mol. The number of para-hydroxylation sites is 1. The fourth-order valence-electron chi connectivity index (χ4n) is 2.69. The van der Waals surface area contributed by atoms with E-state index in [9.17, 15) is 9.90 Å². The zero-order valence-electron chi connectivity index (χ0n) is 13.3. The molecule has 4 nitrogen and oxygen atoms in total. The number of phenols is 1. The van der Waals surface area contributed by atoms with Crippen LogP contribution >= 0.6 is 0 Å². The van der Waals surface area contributed by atoms with Gasteiger partial charge in [0.15, 0.2) is 5.43 Å². The average molecular weight is 329 g/mol. The van der Waals surface area contributed by atoms with Crippen LogP contribution < -0.4 is 10.7 Å². The first kappa shape index (κ1) is 15.0. The molecule has 0 amide bonds. The summed E-state index contributed by atoms with van der Waals surface area (Å²) in [7, 11) is 0. The fourth-order valence-corrected chi connectivity index (χ4v) is 2.69. The van der Waals surface area contributed by atoms with Gasteiger partial charge in [-0.15, -0.1) is 0 Å². The summed E-state index contributed by atoms with van der Waals surface area (Å²) in [6.45, 7) is 0. The van der Waals surface area contributed by atoms with Gasteiger partial charge in [-0.25, -0.2) is 0 Å².